The van der Waals surface area contributed by atoms with E-state index in [2.05, 4.69) is 5.32 Å². The molecule has 2 rings (SSSR count). The summed E-state index contributed by atoms with van der Waals surface area (Å²) < 4.78 is 24.3. The van der Waals surface area contributed by atoms with E-state index in [1.54, 1.807) is 6.07 Å². The fourth-order valence-electron chi connectivity index (χ4n) is 1.96. The topological polar surface area (TPSA) is 63.2 Å². The van der Waals surface area contributed by atoms with Gasteiger partial charge in [-0.25, -0.2) is 8.42 Å². The molecule has 0 heterocycles. The lowest BCUT2D eigenvalue weighted by atomic mass is 10.1. The molecule has 0 bridgehead atoms. The van der Waals surface area contributed by atoms with Gasteiger partial charge < -0.3 is 5.32 Å². The van der Waals surface area contributed by atoms with Crippen molar-refractivity contribution in [2.75, 3.05) is 11.1 Å². The molecule has 0 fully saturated rings. The summed E-state index contributed by atoms with van der Waals surface area (Å²) in [5, 5.41) is 3.05. The first-order chi connectivity index (χ1) is 10.4. The summed E-state index contributed by atoms with van der Waals surface area (Å²) in [5.74, 6) is -1.17. The minimum absolute atomic E-state index is 0.0781. The van der Waals surface area contributed by atoms with Crippen LogP contribution in [-0.4, -0.2) is 20.1 Å². The first kappa shape index (κ1) is 16.5. The van der Waals surface area contributed by atoms with Crippen LogP contribution in [0.2, 0.25) is 5.02 Å². The van der Waals surface area contributed by atoms with E-state index in [9.17, 15) is 13.2 Å². The lowest BCUT2D eigenvalue weighted by Gasteiger charge is -2.08. The molecule has 0 aliphatic carbocycles. The Balaban J connectivity index is 2.09. The first-order valence-electron chi connectivity index (χ1n) is 6.78. The van der Waals surface area contributed by atoms with Crippen molar-refractivity contribution in [3.63, 3.8) is 0 Å². The van der Waals surface area contributed by atoms with Gasteiger partial charge in [0.2, 0.25) is 5.91 Å². The Labute approximate surface area is 135 Å². The van der Waals surface area contributed by atoms with Crippen molar-refractivity contribution in [1.82, 2.24) is 0 Å². The third-order valence-electron chi connectivity index (χ3n) is 3.11. The maximum atomic E-state index is 12.2. The molecule has 0 aromatic heterocycles. The molecule has 0 radical (unpaired) electrons. The number of carbonyl (C=O) groups is 1. The van der Waals surface area contributed by atoms with Crippen molar-refractivity contribution in [2.24, 2.45) is 0 Å². The second kappa shape index (κ2) is 6.94. The summed E-state index contributed by atoms with van der Waals surface area (Å²) in [6.45, 7) is 2.01. The largest absolute Gasteiger partial charge is 0.325 e. The SMILES string of the molecule is CCc1cccc(NC(=O)CS(=O)(=O)c2ccc(Cl)cc2)c1. The van der Waals surface area contributed by atoms with Crippen molar-refractivity contribution < 1.29 is 13.2 Å². The van der Waals surface area contributed by atoms with Crippen LogP contribution in [0, 0.1) is 0 Å². The van der Waals surface area contributed by atoms with E-state index in [4.69, 9.17) is 11.6 Å². The van der Waals surface area contributed by atoms with Crippen LogP contribution in [0.5, 0.6) is 0 Å². The molecule has 2 aromatic rings. The van der Waals surface area contributed by atoms with E-state index >= 15 is 0 Å². The van der Waals surface area contributed by atoms with Gasteiger partial charge in [0.25, 0.3) is 0 Å². The maximum absolute atomic E-state index is 12.2. The van der Waals surface area contributed by atoms with Gasteiger partial charge in [-0.15, -0.1) is 0 Å². The Bertz CT molecular complexity index is 770. The highest BCUT2D eigenvalue weighted by Gasteiger charge is 2.19. The number of hydrogen-bond acceptors (Lipinski definition) is 3. The number of anilines is 1. The summed E-state index contributed by atoms with van der Waals surface area (Å²) in [6, 6.07) is 13.1. The van der Waals surface area contributed by atoms with Crippen molar-refractivity contribution >= 4 is 33.0 Å². The first-order valence-corrected chi connectivity index (χ1v) is 8.81. The molecule has 6 heteroatoms. The molecule has 0 saturated carbocycles. The highest BCUT2D eigenvalue weighted by atomic mass is 35.5. The van der Waals surface area contributed by atoms with Gasteiger partial charge in [0.05, 0.1) is 4.90 Å². The molecule has 0 atom stereocenters. The molecule has 0 aliphatic rings. The lowest BCUT2D eigenvalue weighted by Crippen LogP contribution is -2.23. The standard InChI is InChI=1S/C16H16ClNO3S/c1-2-12-4-3-5-14(10-12)18-16(19)11-22(20,21)15-8-6-13(17)7-9-15/h3-10H,2,11H2,1H3,(H,18,19). The molecule has 4 nitrogen and oxygen atoms in total. The number of hydrogen-bond donors (Lipinski definition) is 1. The van der Waals surface area contributed by atoms with Crippen LogP contribution in [0.3, 0.4) is 0 Å². The Hall–Kier alpha value is -1.85. The van der Waals surface area contributed by atoms with Gasteiger partial charge in [-0.1, -0.05) is 30.7 Å². The normalized spacial score (nSPS) is 11.2. The van der Waals surface area contributed by atoms with Crippen LogP contribution >= 0.6 is 11.6 Å². The van der Waals surface area contributed by atoms with Crippen molar-refractivity contribution in [3.8, 4) is 0 Å². The second-order valence-corrected chi connectivity index (χ2v) is 7.24. The van der Waals surface area contributed by atoms with Gasteiger partial charge in [-0.3, -0.25) is 4.79 Å². The van der Waals surface area contributed by atoms with Gasteiger partial charge >= 0.3 is 0 Å². The van der Waals surface area contributed by atoms with Gasteiger partial charge in [0.1, 0.15) is 5.75 Å². The number of aryl methyl sites for hydroxylation is 1. The molecule has 0 spiro atoms. The summed E-state index contributed by atoms with van der Waals surface area (Å²) in [7, 11) is -3.68. The molecule has 116 valence electrons. The zero-order chi connectivity index (χ0) is 16.2. The van der Waals surface area contributed by atoms with Crippen molar-refractivity contribution in [1.29, 1.82) is 0 Å². The number of rotatable bonds is 5. The number of benzene rings is 2. The predicted octanol–water partition coefficient (Wildman–Crippen LogP) is 3.31. The number of carbonyl (C=O) groups excluding carboxylic acids is 1. The molecular weight excluding hydrogens is 322 g/mol. The Morgan fingerprint density at radius 3 is 2.45 bits per heavy atom. The fraction of sp³-hybridized carbons (Fsp3) is 0.188. The van der Waals surface area contributed by atoms with Crippen LogP contribution in [0.25, 0.3) is 0 Å². The molecule has 0 unspecified atom stereocenters. The third kappa shape index (κ3) is 4.32. The van der Waals surface area contributed by atoms with E-state index in [0.717, 1.165) is 12.0 Å². The van der Waals surface area contributed by atoms with Crippen LogP contribution in [0.4, 0.5) is 5.69 Å². The Morgan fingerprint density at radius 1 is 1.14 bits per heavy atom. The lowest BCUT2D eigenvalue weighted by molar-refractivity contribution is -0.113. The number of halogens is 1. The molecule has 1 N–H and O–H groups in total. The van der Waals surface area contributed by atoms with Crippen LogP contribution in [0.1, 0.15) is 12.5 Å². The van der Waals surface area contributed by atoms with Crippen molar-refractivity contribution in [3.05, 3.63) is 59.1 Å². The molecule has 22 heavy (non-hydrogen) atoms. The quantitative estimate of drug-likeness (QED) is 0.910. The Kier molecular flexibility index (Phi) is 5.21. The highest BCUT2D eigenvalue weighted by Crippen LogP contribution is 2.16. The number of sulfone groups is 1. The average Bonchev–Trinajstić information content (AvgIpc) is 2.47. The zero-order valence-electron chi connectivity index (χ0n) is 12.0. The monoisotopic (exact) mass is 337 g/mol. The van der Waals surface area contributed by atoms with Gasteiger partial charge in [-0.05, 0) is 48.4 Å². The van der Waals surface area contributed by atoms with E-state index in [1.807, 2.05) is 25.1 Å². The minimum atomic E-state index is -3.68. The van der Waals surface area contributed by atoms with Gasteiger partial charge in [0.15, 0.2) is 9.84 Å². The fourth-order valence-corrected chi connectivity index (χ4v) is 3.22. The van der Waals surface area contributed by atoms with E-state index in [1.165, 1.54) is 24.3 Å². The molecule has 0 saturated heterocycles. The van der Waals surface area contributed by atoms with Crippen LogP contribution in [-0.2, 0) is 21.1 Å². The minimum Gasteiger partial charge on any atom is -0.325 e. The Morgan fingerprint density at radius 2 is 1.82 bits per heavy atom. The summed E-state index contributed by atoms with van der Waals surface area (Å²) >= 11 is 5.73. The van der Waals surface area contributed by atoms with Crippen molar-refractivity contribution in [2.45, 2.75) is 18.2 Å². The number of amides is 1. The smallest absolute Gasteiger partial charge is 0.239 e. The highest BCUT2D eigenvalue weighted by molar-refractivity contribution is 7.92. The van der Waals surface area contributed by atoms with Gasteiger partial charge in [0, 0.05) is 10.7 Å². The number of nitrogens with one attached hydrogen (secondary N) is 1. The van der Waals surface area contributed by atoms with E-state index in [-0.39, 0.29) is 4.90 Å². The predicted molar refractivity (Wildman–Crippen MR) is 88.0 cm³/mol. The molecule has 1 amide bonds. The summed E-state index contributed by atoms with van der Waals surface area (Å²) in [5.41, 5.74) is 1.66. The van der Waals surface area contributed by atoms with E-state index in [0.29, 0.717) is 10.7 Å². The molecule has 0 aliphatic heterocycles. The molecular formula is C16H16ClNO3S. The molecule has 2 aromatic carbocycles. The van der Waals surface area contributed by atoms with Crippen LogP contribution < -0.4 is 5.32 Å². The zero-order valence-corrected chi connectivity index (χ0v) is 13.6. The third-order valence-corrected chi connectivity index (χ3v) is 5.00. The maximum Gasteiger partial charge on any atom is 0.239 e. The summed E-state index contributed by atoms with van der Waals surface area (Å²) in [4.78, 5) is 12.0. The second-order valence-electron chi connectivity index (χ2n) is 4.82. The van der Waals surface area contributed by atoms with E-state index < -0.39 is 21.5 Å². The van der Waals surface area contributed by atoms with Gasteiger partial charge in [-0.2, -0.15) is 0 Å². The average molecular weight is 338 g/mol. The summed E-state index contributed by atoms with van der Waals surface area (Å²) in [6.07, 6.45) is 0.840. The van der Waals surface area contributed by atoms with Crippen LogP contribution in [0.15, 0.2) is 53.4 Å².